The van der Waals surface area contributed by atoms with Crippen LogP contribution in [0.5, 0.6) is 0 Å². The van der Waals surface area contributed by atoms with Crippen molar-refractivity contribution in [2.45, 2.75) is 33.6 Å². The standard InChI is InChI=1S/C10H14.CH3F.CH4/c1-10(2,3)9-7-5-4-6-8-9;1-2;/h4-8H,1-3H3;1H3;1H4/i;2-1;. The quantitative estimate of drug-likeness (QED) is 0.565. The van der Waals surface area contributed by atoms with Crippen molar-refractivity contribution >= 4 is 0 Å². The topological polar surface area (TPSA) is 0 Å². The van der Waals surface area contributed by atoms with Crippen LogP contribution in [-0.4, -0.2) is 7.18 Å². The zero-order valence-electron chi connectivity index (χ0n) is 8.26. The molecule has 13 heavy (non-hydrogen) atoms. The van der Waals surface area contributed by atoms with Crippen molar-refractivity contribution in [2.75, 3.05) is 7.18 Å². The molecule has 0 N–H and O–H groups in total. The van der Waals surface area contributed by atoms with Gasteiger partial charge < -0.3 is 0 Å². The maximum atomic E-state index is 9.50. The van der Waals surface area contributed by atoms with Crippen LogP contribution in [0.15, 0.2) is 30.3 Å². The highest BCUT2D eigenvalue weighted by atomic mass is 18.2. The lowest BCUT2D eigenvalue weighted by molar-refractivity contribution is 0.590. The highest BCUT2D eigenvalue weighted by Crippen LogP contribution is 2.20. The summed E-state index contributed by atoms with van der Waals surface area (Å²) < 4.78 is 9.50. The van der Waals surface area contributed by atoms with E-state index in [1.165, 1.54) is 5.56 Å². The Morgan fingerprint density at radius 3 is 1.54 bits per heavy atom. The number of halogens is 1. The van der Waals surface area contributed by atoms with E-state index in [-0.39, 0.29) is 7.43 Å². The minimum Gasteiger partial charge on any atom is -0.255 e. The van der Waals surface area contributed by atoms with Crippen molar-refractivity contribution in [3.05, 3.63) is 35.9 Å². The van der Waals surface area contributed by atoms with E-state index in [0.717, 1.165) is 0 Å². The van der Waals surface area contributed by atoms with E-state index in [9.17, 15) is 4.39 Å². The number of hydrogen-bond acceptors (Lipinski definition) is 0. The lowest BCUT2D eigenvalue weighted by atomic mass is 9.87. The second kappa shape index (κ2) is 6.64. The lowest BCUT2D eigenvalue weighted by Gasteiger charge is -2.18. The van der Waals surface area contributed by atoms with Crippen molar-refractivity contribution in [1.29, 1.82) is 0 Å². The van der Waals surface area contributed by atoms with E-state index in [0.29, 0.717) is 12.6 Å². The summed E-state index contributed by atoms with van der Waals surface area (Å²) in [7, 11) is 0.500. The van der Waals surface area contributed by atoms with Gasteiger partial charge in [-0.25, -0.2) is 0 Å². The Bertz CT molecular complexity index is 196. The van der Waals surface area contributed by atoms with Gasteiger partial charge in [-0.05, 0) is 11.0 Å². The Hall–Kier alpha value is -0.850. The van der Waals surface area contributed by atoms with E-state index < -0.39 is 0 Å². The Morgan fingerprint density at radius 2 is 1.31 bits per heavy atom. The van der Waals surface area contributed by atoms with Crippen LogP contribution in [0.4, 0.5) is 4.39 Å². The molecule has 0 atom stereocenters. The molecule has 0 radical (unpaired) electrons. The van der Waals surface area contributed by atoms with Gasteiger partial charge in [0.1, 0.15) is 0 Å². The van der Waals surface area contributed by atoms with Crippen LogP contribution in [0.1, 0.15) is 33.8 Å². The molecule has 76 valence electrons. The van der Waals surface area contributed by atoms with Crippen molar-refractivity contribution in [3.8, 4) is 0 Å². The van der Waals surface area contributed by atoms with Crippen LogP contribution in [0.3, 0.4) is 0 Å². The third-order valence-electron chi connectivity index (χ3n) is 1.64. The smallest absolute Gasteiger partial charge is 0.0785 e. The monoisotopic (exact) mass is 183 g/mol. The molecule has 0 bridgehead atoms. The van der Waals surface area contributed by atoms with Crippen LogP contribution in [0.2, 0.25) is 0 Å². The normalized spacial score (nSPS) is 9.31. The molecule has 0 fully saturated rings. The average molecular weight is 183 g/mol. The summed E-state index contributed by atoms with van der Waals surface area (Å²) in [5, 5.41) is 0. The van der Waals surface area contributed by atoms with Crippen LogP contribution < -0.4 is 0 Å². The third-order valence-corrected chi connectivity index (χ3v) is 1.64. The summed E-state index contributed by atoms with van der Waals surface area (Å²) in [6, 6.07) is 10.6. The van der Waals surface area contributed by atoms with Crippen LogP contribution in [0, 0.1) is 0 Å². The first-order chi connectivity index (χ1) is 5.61. The first kappa shape index (κ1) is 14.7. The number of rotatable bonds is 0. The third kappa shape index (κ3) is 5.40. The van der Waals surface area contributed by atoms with Crippen LogP contribution in [-0.2, 0) is 5.41 Å². The molecule has 1 aromatic carbocycles. The molecule has 0 aliphatic heterocycles. The molecule has 0 heterocycles. The molecule has 0 saturated heterocycles. The zero-order chi connectivity index (χ0) is 9.61. The van der Waals surface area contributed by atoms with Crippen molar-refractivity contribution < 1.29 is 4.39 Å². The average Bonchev–Trinajstić information content (AvgIpc) is 2.08. The molecule has 0 spiro atoms. The summed E-state index contributed by atoms with van der Waals surface area (Å²) in [6.07, 6.45) is 0. The predicted molar refractivity (Wildman–Crippen MR) is 58.9 cm³/mol. The molecule has 0 amide bonds. The molecule has 0 nitrogen and oxygen atoms in total. The fraction of sp³-hybridized carbons (Fsp3) is 0.500. The fourth-order valence-corrected chi connectivity index (χ4v) is 0.938. The summed E-state index contributed by atoms with van der Waals surface area (Å²) in [5.41, 5.74) is 1.69. The van der Waals surface area contributed by atoms with E-state index in [2.05, 4.69) is 51.1 Å². The van der Waals surface area contributed by atoms with Crippen molar-refractivity contribution in [3.63, 3.8) is 0 Å². The van der Waals surface area contributed by atoms with Crippen LogP contribution in [0.25, 0.3) is 0 Å². The molecule has 0 aliphatic carbocycles. The molecular weight excluding hydrogens is 162 g/mol. The molecule has 0 saturated carbocycles. The van der Waals surface area contributed by atoms with E-state index >= 15 is 0 Å². The van der Waals surface area contributed by atoms with Gasteiger partial charge in [-0.15, -0.1) is 0 Å². The minimum atomic E-state index is 0. The van der Waals surface area contributed by atoms with E-state index in [4.69, 9.17) is 0 Å². The predicted octanol–water partition coefficient (Wildman–Crippen LogP) is 4.21. The molecule has 0 aromatic heterocycles. The van der Waals surface area contributed by atoms with E-state index in [1.807, 2.05) is 0 Å². The molecule has 1 rings (SSSR count). The Morgan fingerprint density at radius 1 is 0.923 bits per heavy atom. The van der Waals surface area contributed by atoms with Gasteiger partial charge in [0.25, 0.3) is 0 Å². The molecule has 0 aliphatic rings. The Kier molecular flexibility index (Phi) is 7.49. The summed E-state index contributed by atoms with van der Waals surface area (Å²) >= 11 is 0. The lowest BCUT2D eigenvalue weighted by Crippen LogP contribution is -2.10. The molecule has 0 unspecified atom stereocenters. The minimum absolute atomic E-state index is 0. The number of hydrogen-bond donors (Lipinski definition) is 0. The highest BCUT2D eigenvalue weighted by Gasteiger charge is 2.11. The zero-order valence-corrected chi connectivity index (χ0v) is 8.26. The van der Waals surface area contributed by atoms with Gasteiger partial charge in [0.15, 0.2) is 0 Å². The van der Waals surface area contributed by atoms with Gasteiger partial charge in [-0.3, -0.25) is 4.39 Å². The number of alkyl halides is 1. The Labute approximate surface area is 81.8 Å². The molecular formula is C12H21F. The van der Waals surface area contributed by atoms with Gasteiger partial charge in [-0.1, -0.05) is 58.5 Å². The van der Waals surface area contributed by atoms with Gasteiger partial charge in [0.2, 0.25) is 0 Å². The second-order valence-electron chi connectivity index (χ2n) is 3.62. The largest absolute Gasteiger partial charge is 0.255 e. The SMILES string of the molecule is C.CC(C)(C)c1ccccc1.C[18F]. The van der Waals surface area contributed by atoms with Gasteiger partial charge >= 0.3 is 0 Å². The van der Waals surface area contributed by atoms with Crippen molar-refractivity contribution in [1.82, 2.24) is 0 Å². The highest BCUT2D eigenvalue weighted by molar-refractivity contribution is 5.21. The maximum absolute atomic E-state index is 9.50. The fourth-order valence-electron chi connectivity index (χ4n) is 0.938. The molecule has 1 heteroatoms. The summed E-state index contributed by atoms with van der Waals surface area (Å²) in [4.78, 5) is 0. The Balaban J connectivity index is 0. The molecule has 1 aromatic rings. The second-order valence-corrected chi connectivity index (χ2v) is 3.62. The maximum Gasteiger partial charge on any atom is 0.0785 e. The summed E-state index contributed by atoms with van der Waals surface area (Å²) in [5.74, 6) is 0. The van der Waals surface area contributed by atoms with Crippen LogP contribution >= 0.6 is 0 Å². The first-order valence-corrected chi connectivity index (χ1v) is 4.04. The van der Waals surface area contributed by atoms with E-state index in [1.54, 1.807) is 0 Å². The first-order valence-electron chi connectivity index (χ1n) is 4.04. The summed E-state index contributed by atoms with van der Waals surface area (Å²) in [6.45, 7) is 6.67. The van der Waals surface area contributed by atoms with Gasteiger partial charge in [0, 0.05) is 0 Å². The van der Waals surface area contributed by atoms with Gasteiger partial charge in [0.05, 0.1) is 7.18 Å². The van der Waals surface area contributed by atoms with Crippen molar-refractivity contribution in [2.24, 2.45) is 0 Å². The number of benzene rings is 1. The van der Waals surface area contributed by atoms with Gasteiger partial charge in [-0.2, -0.15) is 0 Å².